The van der Waals surface area contributed by atoms with Crippen LogP contribution in [-0.4, -0.2) is 39.5 Å². The summed E-state index contributed by atoms with van der Waals surface area (Å²) in [4.78, 5) is 28.2. The topological polar surface area (TPSA) is 70.5 Å². The van der Waals surface area contributed by atoms with Gasteiger partial charge in [0.25, 0.3) is 11.8 Å². The normalized spacial score (nSPS) is 16.8. The first-order chi connectivity index (χ1) is 7.11. The first kappa shape index (κ1) is 9.79. The molecule has 1 aliphatic rings. The van der Waals surface area contributed by atoms with Crippen molar-refractivity contribution in [2.45, 2.75) is 13.0 Å². The van der Waals surface area contributed by atoms with E-state index in [2.05, 4.69) is 4.98 Å². The van der Waals surface area contributed by atoms with Gasteiger partial charge in [-0.2, -0.15) is 0 Å². The zero-order valence-corrected chi connectivity index (χ0v) is 8.17. The number of aliphatic hydroxyl groups is 1. The Labute approximate surface area is 86.3 Å². The second-order valence-corrected chi connectivity index (χ2v) is 3.47. The molecule has 0 spiro atoms. The van der Waals surface area contributed by atoms with Gasteiger partial charge in [0, 0.05) is 6.20 Å². The molecule has 1 aromatic rings. The zero-order valence-electron chi connectivity index (χ0n) is 8.17. The quantitative estimate of drug-likeness (QED) is 0.694. The van der Waals surface area contributed by atoms with Crippen LogP contribution in [0.15, 0.2) is 18.3 Å². The zero-order chi connectivity index (χ0) is 11.0. The highest BCUT2D eigenvalue weighted by Crippen LogP contribution is 2.20. The largest absolute Gasteiger partial charge is 0.392 e. The number of β-amino-alcohol motifs (C(OH)–C–C–N with tert-alkyl or cyclic N) is 1. The van der Waals surface area contributed by atoms with Gasteiger partial charge in [-0.3, -0.25) is 19.5 Å². The number of hydrogen-bond acceptors (Lipinski definition) is 4. The molecule has 2 rings (SSSR count). The third-order valence-electron chi connectivity index (χ3n) is 2.18. The summed E-state index contributed by atoms with van der Waals surface area (Å²) in [5.74, 6) is -0.819. The molecular formula is C10H10N2O3. The first-order valence-corrected chi connectivity index (χ1v) is 4.60. The van der Waals surface area contributed by atoms with Crippen molar-refractivity contribution in [2.24, 2.45) is 0 Å². The molecule has 0 aromatic carbocycles. The van der Waals surface area contributed by atoms with E-state index in [4.69, 9.17) is 5.11 Å². The molecule has 0 bridgehead atoms. The van der Waals surface area contributed by atoms with Crippen LogP contribution < -0.4 is 0 Å². The van der Waals surface area contributed by atoms with E-state index in [1.54, 1.807) is 12.1 Å². The molecule has 5 nitrogen and oxygen atoms in total. The molecule has 0 saturated carbocycles. The molecular weight excluding hydrogens is 196 g/mol. The van der Waals surface area contributed by atoms with Crippen molar-refractivity contribution in [1.29, 1.82) is 0 Å². The number of imide groups is 1. The average molecular weight is 206 g/mol. The van der Waals surface area contributed by atoms with Gasteiger partial charge >= 0.3 is 0 Å². The van der Waals surface area contributed by atoms with E-state index >= 15 is 0 Å². The standard InChI is InChI=1S/C10H10N2O3/c1-6(13)5-12-9(14)7-3-2-4-11-8(7)10(12)15/h2-4,6,13H,5H2,1H3. The lowest BCUT2D eigenvalue weighted by Gasteiger charge is -2.14. The molecule has 0 radical (unpaired) electrons. The Kier molecular flexibility index (Phi) is 2.24. The molecule has 2 heterocycles. The van der Waals surface area contributed by atoms with Crippen LogP contribution in [0.4, 0.5) is 0 Å². The van der Waals surface area contributed by atoms with Gasteiger partial charge in [0.05, 0.1) is 18.2 Å². The van der Waals surface area contributed by atoms with Gasteiger partial charge in [-0.15, -0.1) is 0 Å². The van der Waals surface area contributed by atoms with E-state index in [0.29, 0.717) is 5.56 Å². The third kappa shape index (κ3) is 1.50. The van der Waals surface area contributed by atoms with Crippen molar-refractivity contribution in [3.8, 4) is 0 Å². The monoisotopic (exact) mass is 206 g/mol. The van der Waals surface area contributed by atoms with Crippen molar-refractivity contribution in [1.82, 2.24) is 9.88 Å². The van der Waals surface area contributed by atoms with E-state index in [9.17, 15) is 9.59 Å². The van der Waals surface area contributed by atoms with Crippen LogP contribution in [0.3, 0.4) is 0 Å². The Morgan fingerprint density at radius 2 is 2.20 bits per heavy atom. The van der Waals surface area contributed by atoms with E-state index in [1.807, 2.05) is 0 Å². The van der Waals surface area contributed by atoms with Gasteiger partial charge in [0.15, 0.2) is 0 Å². The van der Waals surface area contributed by atoms with Crippen LogP contribution in [0.25, 0.3) is 0 Å². The Hall–Kier alpha value is -1.75. The number of aromatic nitrogens is 1. The van der Waals surface area contributed by atoms with Gasteiger partial charge < -0.3 is 5.11 Å². The maximum absolute atomic E-state index is 11.7. The Morgan fingerprint density at radius 3 is 2.80 bits per heavy atom. The lowest BCUT2D eigenvalue weighted by atomic mass is 10.2. The predicted octanol–water partition coefficient (Wildman–Crippen LogP) is 0.0584. The van der Waals surface area contributed by atoms with Crippen LogP contribution in [0.1, 0.15) is 27.8 Å². The molecule has 0 fully saturated rings. The van der Waals surface area contributed by atoms with Crippen LogP contribution >= 0.6 is 0 Å². The highest BCUT2D eigenvalue weighted by Gasteiger charge is 2.36. The van der Waals surface area contributed by atoms with E-state index < -0.39 is 12.0 Å². The fourth-order valence-corrected chi connectivity index (χ4v) is 1.54. The third-order valence-corrected chi connectivity index (χ3v) is 2.18. The summed E-state index contributed by atoms with van der Waals surface area (Å²) >= 11 is 0. The van der Waals surface area contributed by atoms with Crippen molar-refractivity contribution in [3.63, 3.8) is 0 Å². The number of rotatable bonds is 2. The molecule has 1 aliphatic heterocycles. The first-order valence-electron chi connectivity index (χ1n) is 4.60. The number of nitrogens with zero attached hydrogens (tertiary/aromatic N) is 2. The molecule has 78 valence electrons. The fraction of sp³-hybridized carbons (Fsp3) is 0.300. The molecule has 1 N–H and O–H groups in total. The maximum Gasteiger partial charge on any atom is 0.280 e. The Bertz CT molecular complexity index is 393. The summed E-state index contributed by atoms with van der Waals surface area (Å²) in [6.07, 6.45) is 0.739. The number of amides is 2. The van der Waals surface area contributed by atoms with Gasteiger partial charge in [-0.25, -0.2) is 0 Å². The van der Waals surface area contributed by atoms with E-state index in [0.717, 1.165) is 4.90 Å². The lowest BCUT2D eigenvalue weighted by molar-refractivity contribution is 0.0561. The molecule has 1 aromatic heterocycles. The van der Waals surface area contributed by atoms with Crippen molar-refractivity contribution in [2.75, 3.05) is 6.54 Å². The summed E-state index contributed by atoms with van der Waals surface area (Å²) in [6, 6.07) is 3.17. The van der Waals surface area contributed by atoms with Gasteiger partial charge in [0.1, 0.15) is 5.69 Å². The van der Waals surface area contributed by atoms with E-state index in [1.165, 1.54) is 13.1 Å². The lowest BCUT2D eigenvalue weighted by Crippen LogP contribution is -2.35. The number of hydrogen-bond donors (Lipinski definition) is 1. The van der Waals surface area contributed by atoms with Crippen LogP contribution in [0.5, 0.6) is 0 Å². The molecule has 15 heavy (non-hydrogen) atoms. The number of pyridine rings is 1. The fourth-order valence-electron chi connectivity index (χ4n) is 1.54. The summed E-state index contributed by atoms with van der Waals surface area (Å²) in [7, 11) is 0. The summed E-state index contributed by atoms with van der Waals surface area (Å²) in [5.41, 5.74) is 0.478. The average Bonchev–Trinajstić information content (AvgIpc) is 2.44. The maximum atomic E-state index is 11.7. The van der Waals surface area contributed by atoms with Crippen LogP contribution in [-0.2, 0) is 0 Å². The molecule has 1 atom stereocenters. The summed E-state index contributed by atoms with van der Waals surface area (Å²) < 4.78 is 0. The minimum atomic E-state index is -0.729. The highest BCUT2D eigenvalue weighted by molar-refractivity contribution is 6.20. The molecule has 2 amide bonds. The second kappa shape index (κ2) is 3.43. The highest BCUT2D eigenvalue weighted by atomic mass is 16.3. The minimum absolute atomic E-state index is 0.00796. The minimum Gasteiger partial charge on any atom is -0.392 e. The number of fused-ring (bicyclic) bond motifs is 1. The van der Waals surface area contributed by atoms with Crippen molar-refractivity contribution in [3.05, 3.63) is 29.6 Å². The van der Waals surface area contributed by atoms with Gasteiger partial charge in [0.2, 0.25) is 0 Å². The molecule has 0 saturated heterocycles. The van der Waals surface area contributed by atoms with Gasteiger partial charge in [-0.1, -0.05) is 0 Å². The van der Waals surface area contributed by atoms with Crippen LogP contribution in [0, 0.1) is 0 Å². The molecule has 1 unspecified atom stereocenters. The SMILES string of the molecule is CC(O)CN1C(=O)c2cccnc2C1=O. The number of carbonyl (C=O) groups is 2. The summed E-state index contributed by atoms with van der Waals surface area (Å²) in [6.45, 7) is 1.53. The molecule has 5 heteroatoms. The smallest absolute Gasteiger partial charge is 0.280 e. The number of aliphatic hydroxyl groups excluding tert-OH is 1. The second-order valence-electron chi connectivity index (χ2n) is 3.47. The van der Waals surface area contributed by atoms with E-state index in [-0.39, 0.29) is 18.1 Å². The number of carbonyl (C=O) groups excluding carboxylic acids is 2. The van der Waals surface area contributed by atoms with Crippen molar-refractivity contribution < 1.29 is 14.7 Å². The van der Waals surface area contributed by atoms with Crippen LogP contribution in [0.2, 0.25) is 0 Å². The molecule has 0 aliphatic carbocycles. The summed E-state index contributed by atoms with van der Waals surface area (Å²) in [5, 5.41) is 9.16. The van der Waals surface area contributed by atoms with Crippen molar-refractivity contribution >= 4 is 11.8 Å². The Morgan fingerprint density at radius 1 is 1.47 bits per heavy atom. The Balaban J connectivity index is 2.37. The van der Waals surface area contributed by atoms with Gasteiger partial charge in [-0.05, 0) is 19.1 Å². The predicted molar refractivity (Wildman–Crippen MR) is 51.3 cm³/mol.